The fourth-order valence-electron chi connectivity index (χ4n) is 3.58. The van der Waals surface area contributed by atoms with Crippen LogP contribution in [-0.4, -0.2) is 34.8 Å². The van der Waals surface area contributed by atoms with E-state index in [9.17, 15) is 14.0 Å². The quantitative estimate of drug-likeness (QED) is 0.641. The third-order valence-electron chi connectivity index (χ3n) is 5.24. The van der Waals surface area contributed by atoms with Gasteiger partial charge in [0.25, 0.3) is 0 Å². The number of aryl methyl sites for hydroxylation is 1. The van der Waals surface area contributed by atoms with Gasteiger partial charge < -0.3 is 10.2 Å². The molecule has 0 spiro atoms. The van der Waals surface area contributed by atoms with Crippen molar-refractivity contribution in [1.82, 2.24) is 9.88 Å². The Morgan fingerprint density at radius 3 is 2.79 bits per heavy atom. The summed E-state index contributed by atoms with van der Waals surface area (Å²) < 4.78 is 13.0. The van der Waals surface area contributed by atoms with Gasteiger partial charge in [0.2, 0.25) is 11.8 Å². The molecule has 2 amide bonds. The highest BCUT2D eigenvalue weighted by Gasteiger charge is 2.17. The van der Waals surface area contributed by atoms with Crippen molar-refractivity contribution in [3.63, 3.8) is 0 Å². The van der Waals surface area contributed by atoms with Crippen molar-refractivity contribution >= 4 is 23.7 Å². The number of pyridine rings is 1. The van der Waals surface area contributed by atoms with Crippen LogP contribution in [0.4, 0.5) is 10.2 Å². The number of nitrogens with zero attached hydrogens (tertiary/aromatic N) is 2. The summed E-state index contributed by atoms with van der Waals surface area (Å²) in [4.78, 5) is 30.0. The molecule has 2 aliphatic rings. The van der Waals surface area contributed by atoms with E-state index in [4.69, 9.17) is 0 Å². The standard InChI is InChI=1S/C23H22FN3O2/c24-20-5-1-16(2-6-20)13-17-9-11-27(12-10-17)22(29)8-3-18-14-19-4-7-21(28)26-23(19)25-15-18/h1-3,5-6,8-9,14-15H,4,7,10-13H2,(H,25,26,28). The molecule has 5 nitrogen and oxygen atoms in total. The minimum absolute atomic E-state index is 0.0135. The fraction of sp³-hybridized carbons (Fsp3) is 0.261. The van der Waals surface area contributed by atoms with E-state index in [1.54, 1.807) is 35.4 Å². The van der Waals surface area contributed by atoms with Gasteiger partial charge in [0.05, 0.1) is 0 Å². The molecule has 0 unspecified atom stereocenters. The minimum Gasteiger partial charge on any atom is -0.335 e. The van der Waals surface area contributed by atoms with Gasteiger partial charge in [0.15, 0.2) is 0 Å². The normalized spacial score (nSPS) is 16.4. The number of hydrogen-bond acceptors (Lipinski definition) is 3. The maximum absolute atomic E-state index is 13.0. The van der Waals surface area contributed by atoms with Crippen LogP contribution < -0.4 is 5.32 Å². The highest BCUT2D eigenvalue weighted by molar-refractivity contribution is 5.94. The second-order valence-corrected chi connectivity index (χ2v) is 7.36. The molecule has 6 heteroatoms. The Bertz CT molecular complexity index is 996. The average molecular weight is 391 g/mol. The van der Waals surface area contributed by atoms with Crippen LogP contribution in [0.25, 0.3) is 6.08 Å². The zero-order chi connectivity index (χ0) is 20.2. The van der Waals surface area contributed by atoms with Crippen LogP contribution in [0.1, 0.15) is 29.5 Å². The SMILES string of the molecule is O=C1CCc2cc(C=CC(=O)N3CC=C(Cc4ccc(F)cc4)CC3)cnc2N1. The maximum atomic E-state index is 13.0. The number of nitrogens with one attached hydrogen (secondary N) is 1. The number of halogens is 1. The number of carbonyl (C=O) groups excluding carboxylic acids is 2. The molecule has 1 N–H and O–H groups in total. The van der Waals surface area contributed by atoms with Gasteiger partial charge in [-0.3, -0.25) is 9.59 Å². The molecule has 29 heavy (non-hydrogen) atoms. The summed E-state index contributed by atoms with van der Waals surface area (Å²) in [7, 11) is 0. The summed E-state index contributed by atoms with van der Waals surface area (Å²) in [5, 5.41) is 2.75. The molecule has 0 atom stereocenters. The highest BCUT2D eigenvalue weighted by atomic mass is 19.1. The number of hydrogen-bond donors (Lipinski definition) is 1. The van der Waals surface area contributed by atoms with E-state index in [0.717, 1.165) is 29.5 Å². The lowest BCUT2D eigenvalue weighted by atomic mass is 9.99. The van der Waals surface area contributed by atoms with Crippen LogP contribution in [-0.2, 0) is 22.4 Å². The number of benzene rings is 1. The van der Waals surface area contributed by atoms with Crippen LogP contribution in [0.3, 0.4) is 0 Å². The number of aromatic nitrogens is 1. The van der Waals surface area contributed by atoms with Crippen LogP contribution in [0.15, 0.2) is 54.3 Å². The Hall–Kier alpha value is -3.28. The van der Waals surface area contributed by atoms with Crippen molar-refractivity contribution in [3.05, 3.63) is 76.8 Å². The van der Waals surface area contributed by atoms with Gasteiger partial charge >= 0.3 is 0 Å². The van der Waals surface area contributed by atoms with Gasteiger partial charge in [-0.2, -0.15) is 0 Å². The molecular weight excluding hydrogens is 369 g/mol. The van der Waals surface area contributed by atoms with Gasteiger partial charge in [-0.1, -0.05) is 23.8 Å². The lowest BCUT2D eigenvalue weighted by Crippen LogP contribution is -2.33. The van der Waals surface area contributed by atoms with Gasteiger partial charge in [0, 0.05) is 31.8 Å². The number of fused-ring (bicyclic) bond motifs is 1. The average Bonchev–Trinajstić information content (AvgIpc) is 2.74. The summed E-state index contributed by atoms with van der Waals surface area (Å²) in [5.41, 5.74) is 4.18. The van der Waals surface area contributed by atoms with E-state index in [1.807, 2.05) is 6.07 Å². The fourth-order valence-corrected chi connectivity index (χ4v) is 3.58. The van der Waals surface area contributed by atoms with Gasteiger partial charge in [0.1, 0.15) is 11.6 Å². The van der Waals surface area contributed by atoms with E-state index in [-0.39, 0.29) is 17.6 Å². The van der Waals surface area contributed by atoms with Gasteiger partial charge in [-0.25, -0.2) is 9.37 Å². The second-order valence-electron chi connectivity index (χ2n) is 7.36. The molecule has 2 aromatic rings. The number of anilines is 1. The highest BCUT2D eigenvalue weighted by Crippen LogP contribution is 2.22. The molecule has 2 aliphatic heterocycles. The molecule has 148 valence electrons. The summed E-state index contributed by atoms with van der Waals surface area (Å²) in [6.45, 7) is 1.25. The molecule has 0 saturated carbocycles. The monoisotopic (exact) mass is 391 g/mol. The molecule has 0 radical (unpaired) electrons. The van der Waals surface area contributed by atoms with Gasteiger partial charge in [-0.05, 0) is 60.2 Å². The molecule has 0 fully saturated rings. The summed E-state index contributed by atoms with van der Waals surface area (Å²) in [6.07, 6.45) is 9.81. The second kappa shape index (κ2) is 8.39. The first-order chi connectivity index (χ1) is 14.1. The molecule has 0 aliphatic carbocycles. The van der Waals surface area contributed by atoms with Crippen molar-refractivity contribution < 1.29 is 14.0 Å². The largest absolute Gasteiger partial charge is 0.335 e. The molecular formula is C23H22FN3O2. The van der Waals surface area contributed by atoms with Crippen molar-refractivity contribution in [2.75, 3.05) is 18.4 Å². The molecule has 1 aromatic heterocycles. The molecule has 1 aromatic carbocycles. The molecule has 4 rings (SSSR count). The smallest absolute Gasteiger partial charge is 0.246 e. The summed E-state index contributed by atoms with van der Waals surface area (Å²) in [5.74, 6) is 0.335. The van der Waals surface area contributed by atoms with E-state index in [0.29, 0.717) is 31.7 Å². The number of rotatable bonds is 4. The predicted molar refractivity (Wildman–Crippen MR) is 110 cm³/mol. The lowest BCUT2D eigenvalue weighted by molar-refractivity contribution is -0.125. The maximum Gasteiger partial charge on any atom is 0.246 e. The number of carbonyl (C=O) groups is 2. The van der Waals surface area contributed by atoms with Crippen LogP contribution >= 0.6 is 0 Å². The number of amides is 2. The minimum atomic E-state index is -0.228. The van der Waals surface area contributed by atoms with Crippen molar-refractivity contribution in [2.24, 2.45) is 0 Å². The Kier molecular flexibility index (Phi) is 5.51. The third kappa shape index (κ3) is 4.77. The third-order valence-corrected chi connectivity index (χ3v) is 5.24. The Balaban J connectivity index is 1.34. The van der Waals surface area contributed by atoms with Crippen molar-refractivity contribution in [2.45, 2.75) is 25.7 Å². The van der Waals surface area contributed by atoms with Crippen molar-refractivity contribution in [1.29, 1.82) is 0 Å². The van der Waals surface area contributed by atoms with Crippen molar-refractivity contribution in [3.8, 4) is 0 Å². The Morgan fingerprint density at radius 2 is 2.03 bits per heavy atom. The van der Waals surface area contributed by atoms with E-state index in [2.05, 4.69) is 16.4 Å². The zero-order valence-electron chi connectivity index (χ0n) is 16.0. The summed E-state index contributed by atoms with van der Waals surface area (Å²) in [6, 6.07) is 8.51. The molecule has 0 saturated heterocycles. The zero-order valence-corrected chi connectivity index (χ0v) is 16.0. The first-order valence-electron chi connectivity index (χ1n) is 9.75. The van der Waals surface area contributed by atoms with E-state index >= 15 is 0 Å². The van der Waals surface area contributed by atoms with E-state index in [1.165, 1.54) is 17.7 Å². The van der Waals surface area contributed by atoms with Crippen LogP contribution in [0.5, 0.6) is 0 Å². The van der Waals surface area contributed by atoms with Gasteiger partial charge in [-0.15, -0.1) is 0 Å². The first-order valence-corrected chi connectivity index (χ1v) is 9.75. The topological polar surface area (TPSA) is 62.3 Å². The molecule has 3 heterocycles. The Labute approximate surface area is 168 Å². The van der Waals surface area contributed by atoms with Crippen LogP contribution in [0, 0.1) is 5.82 Å². The Morgan fingerprint density at radius 1 is 1.21 bits per heavy atom. The summed E-state index contributed by atoms with van der Waals surface area (Å²) >= 11 is 0. The lowest BCUT2D eigenvalue weighted by Gasteiger charge is -2.25. The van der Waals surface area contributed by atoms with Crippen LogP contribution in [0.2, 0.25) is 0 Å². The molecule has 0 bridgehead atoms. The van der Waals surface area contributed by atoms with E-state index < -0.39 is 0 Å². The first kappa shape index (κ1) is 19.1. The predicted octanol–water partition coefficient (Wildman–Crippen LogP) is 3.52.